The third-order valence-corrected chi connectivity index (χ3v) is 4.19. The van der Waals surface area contributed by atoms with E-state index in [0.717, 1.165) is 23.6 Å². The fraction of sp³-hybridized carbons (Fsp3) is 0.714. The highest BCUT2D eigenvalue weighted by Gasteiger charge is 2.32. The molecule has 0 bridgehead atoms. The number of nitrogens with zero attached hydrogens (tertiary/aromatic N) is 3. The van der Waals surface area contributed by atoms with E-state index in [1.807, 2.05) is 23.6 Å². The Balaban J connectivity index is 1.89. The zero-order chi connectivity index (χ0) is 15.0. The number of amides is 1. The van der Waals surface area contributed by atoms with Crippen molar-refractivity contribution in [2.24, 2.45) is 12.8 Å². The first-order valence-electron chi connectivity index (χ1n) is 7.47. The summed E-state index contributed by atoms with van der Waals surface area (Å²) < 4.78 is 7.25. The lowest BCUT2D eigenvalue weighted by molar-refractivity contribution is -0.121. The molecular formula is C14H23N5O2. The maximum atomic E-state index is 11.7. The fourth-order valence-corrected chi connectivity index (χ4v) is 2.88. The minimum atomic E-state index is -0.423. The van der Waals surface area contributed by atoms with Crippen LogP contribution < -0.4 is 16.0 Å². The molecule has 1 aromatic heterocycles. The topological polar surface area (TPSA) is 85.4 Å². The highest BCUT2D eigenvalue weighted by molar-refractivity contribution is 5.84. The molecule has 1 unspecified atom stereocenters. The molecular weight excluding hydrogens is 270 g/mol. The Morgan fingerprint density at radius 2 is 2.29 bits per heavy atom. The van der Waals surface area contributed by atoms with E-state index >= 15 is 0 Å². The SMILES string of the molecule is Cc1nn(C)c(N2CCOCC2C(N)=O)c1CNC1CC1. The third-order valence-electron chi connectivity index (χ3n) is 4.19. The van der Waals surface area contributed by atoms with Gasteiger partial charge in [-0.15, -0.1) is 0 Å². The summed E-state index contributed by atoms with van der Waals surface area (Å²) in [5, 5.41) is 8.04. The summed E-state index contributed by atoms with van der Waals surface area (Å²) in [7, 11) is 1.91. The molecule has 0 radical (unpaired) electrons. The number of aryl methyl sites for hydroxylation is 2. The van der Waals surface area contributed by atoms with Crippen molar-refractivity contribution in [1.29, 1.82) is 0 Å². The number of hydrogen-bond acceptors (Lipinski definition) is 5. The quantitative estimate of drug-likeness (QED) is 0.776. The average molecular weight is 293 g/mol. The Kier molecular flexibility index (Phi) is 3.86. The van der Waals surface area contributed by atoms with Crippen molar-refractivity contribution in [3.05, 3.63) is 11.3 Å². The van der Waals surface area contributed by atoms with E-state index in [4.69, 9.17) is 10.5 Å². The number of morpholine rings is 1. The monoisotopic (exact) mass is 293 g/mol. The van der Waals surface area contributed by atoms with Crippen LogP contribution in [0.15, 0.2) is 0 Å². The molecule has 21 heavy (non-hydrogen) atoms. The van der Waals surface area contributed by atoms with Crippen LogP contribution in [0.4, 0.5) is 5.82 Å². The second-order valence-corrected chi connectivity index (χ2v) is 5.85. The maximum Gasteiger partial charge on any atom is 0.242 e. The number of hydrogen-bond donors (Lipinski definition) is 2. The van der Waals surface area contributed by atoms with Crippen LogP contribution in [0, 0.1) is 6.92 Å². The van der Waals surface area contributed by atoms with Gasteiger partial charge in [0.2, 0.25) is 5.91 Å². The Bertz CT molecular complexity index is 538. The third kappa shape index (κ3) is 2.89. The molecule has 2 heterocycles. The van der Waals surface area contributed by atoms with E-state index in [1.165, 1.54) is 12.8 Å². The highest BCUT2D eigenvalue weighted by Crippen LogP contribution is 2.28. The molecule has 1 amide bonds. The van der Waals surface area contributed by atoms with Crippen LogP contribution in [0.3, 0.4) is 0 Å². The summed E-state index contributed by atoms with van der Waals surface area (Å²) in [6.07, 6.45) is 2.49. The smallest absolute Gasteiger partial charge is 0.242 e. The number of carbonyl (C=O) groups excluding carboxylic acids is 1. The lowest BCUT2D eigenvalue weighted by atomic mass is 10.1. The normalized spacial score (nSPS) is 22.6. The molecule has 116 valence electrons. The van der Waals surface area contributed by atoms with Gasteiger partial charge in [-0.2, -0.15) is 5.10 Å². The van der Waals surface area contributed by atoms with Gasteiger partial charge in [0, 0.05) is 31.7 Å². The number of carbonyl (C=O) groups is 1. The van der Waals surface area contributed by atoms with Crippen LogP contribution in [0.1, 0.15) is 24.1 Å². The van der Waals surface area contributed by atoms with Crippen molar-refractivity contribution in [3.8, 4) is 0 Å². The summed E-state index contributed by atoms with van der Waals surface area (Å²) in [6.45, 7) is 4.39. The van der Waals surface area contributed by atoms with Gasteiger partial charge in [-0.05, 0) is 19.8 Å². The van der Waals surface area contributed by atoms with Gasteiger partial charge < -0.3 is 20.7 Å². The lowest BCUT2D eigenvalue weighted by Crippen LogP contribution is -2.53. The van der Waals surface area contributed by atoms with Crippen LogP contribution >= 0.6 is 0 Å². The number of nitrogens with one attached hydrogen (secondary N) is 1. The first kappa shape index (κ1) is 14.3. The number of nitrogens with two attached hydrogens (primary N) is 1. The Labute approximate surface area is 124 Å². The molecule has 2 aliphatic rings. The predicted octanol–water partition coefficient (Wildman–Crippen LogP) is -0.329. The van der Waals surface area contributed by atoms with Crippen molar-refractivity contribution in [1.82, 2.24) is 15.1 Å². The van der Waals surface area contributed by atoms with E-state index < -0.39 is 6.04 Å². The van der Waals surface area contributed by atoms with Gasteiger partial charge in [0.1, 0.15) is 11.9 Å². The molecule has 1 saturated carbocycles. The van der Waals surface area contributed by atoms with E-state index in [0.29, 0.717) is 25.8 Å². The summed E-state index contributed by atoms with van der Waals surface area (Å²) in [5.41, 5.74) is 7.67. The first-order valence-corrected chi connectivity index (χ1v) is 7.47. The standard InChI is InChI=1S/C14H23N5O2/c1-9-11(7-16-10-3-4-10)14(18(2)17-9)19-5-6-21-8-12(19)13(15)20/h10,12,16H,3-8H2,1-2H3,(H2,15,20). The molecule has 0 spiro atoms. The van der Waals surface area contributed by atoms with Crippen molar-refractivity contribution in [3.63, 3.8) is 0 Å². The number of rotatable bonds is 5. The van der Waals surface area contributed by atoms with E-state index in [2.05, 4.69) is 10.4 Å². The van der Waals surface area contributed by atoms with Crippen LogP contribution in [0.25, 0.3) is 0 Å². The second kappa shape index (κ2) is 5.65. The maximum absolute atomic E-state index is 11.7. The van der Waals surface area contributed by atoms with Crippen molar-refractivity contribution in [2.75, 3.05) is 24.7 Å². The Morgan fingerprint density at radius 1 is 1.52 bits per heavy atom. The van der Waals surface area contributed by atoms with E-state index in [-0.39, 0.29) is 5.91 Å². The Hall–Kier alpha value is -1.60. The van der Waals surface area contributed by atoms with Crippen molar-refractivity contribution in [2.45, 2.75) is 38.4 Å². The summed E-state index contributed by atoms with van der Waals surface area (Å²) in [6, 6.07) is 0.210. The molecule has 1 atom stereocenters. The van der Waals surface area contributed by atoms with Gasteiger partial charge in [0.25, 0.3) is 0 Å². The fourth-order valence-electron chi connectivity index (χ4n) is 2.88. The van der Waals surface area contributed by atoms with Crippen molar-refractivity contribution >= 4 is 11.7 Å². The minimum Gasteiger partial charge on any atom is -0.377 e. The van der Waals surface area contributed by atoms with Crippen LogP contribution in [-0.2, 0) is 23.1 Å². The van der Waals surface area contributed by atoms with Crippen LogP contribution in [0.2, 0.25) is 0 Å². The predicted molar refractivity (Wildman–Crippen MR) is 79.0 cm³/mol. The number of aromatic nitrogens is 2. The molecule has 1 saturated heterocycles. The second-order valence-electron chi connectivity index (χ2n) is 5.85. The molecule has 1 aliphatic heterocycles. The minimum absolute atomic E-state index is 0.342. The van der Waals surface area contributed by atoms with Crippen molar-refractivity contribution < 1.29 is 9.53 Å². The zero-order valence-corrected chi connectivity index (χ0v) is 12.6. The molecule has 1 aliphatic carbocycles. The number of anilines is 1. The summed E-state index contributed by atoms with van der Waals surface area (Å²) in [5.74, 6) is 0.627. The molecule has 3 rings (SSSR count). The van der Waals surface area contributed by atoms with E-state index in [1.54, 1.807) is 0 Å². The summed E-state index contributed by atoms with van der Waals surface area (Å²) >= 11 is 0. The molecule has 7 heteroatoms. The Morgan fingerprint density at radius 3 is 2.95 bits per heavy atom. The van der Waals surface area contributed by atoms with Crippen LogP contribution in [-0.4, -0.2) is 47.5 Å². The van der Waals surface area contributed by atoms with Gasteiger partial charge in [-0.25, -0.2) is 0 Å². The van der Waals surface area contributed by atoms with E-state index in [9.17, 15) is 4.79 Å². The van der Waals surface area contributed by atoms with Gasteiger partial charge in [-0.3, -0.25) is 9.48 Å². The number of ether oxygens (including phenoxy) is 1. The lowest BCUT2D eigenvalue weighted by Gasteiger charge is -2.35. The molecule has 1 aromatic rings. The average Bonchev–Trinajstić information content (AvgIpc) is 3.22. The first-order chi connectivity index (χ1) is 10.1. The number of primary amides is 1. The van der Waals surface area contributed by atoms with Gasteiger partial charge in [0.15, 0.2) is 0 Å². The van der Waals surface area contributed by atoms with Gasteiger partial charge in [-0.1, -0.05) is 0 Å². The zero-order valence-electron chi connectivity index (χ0n) is 12.6. The van der Waals surface area contributed by atoms with Gasteiger partial charge >= 0.3 is 0 Å². The molecule has 3 N–H and O–H groups in total. The highest BCUT2D eigenvalue weighted by atomic mass is 16.5. The molecule has 2 fully saturated rings. The van der Waals surface area contributed by atoms with Crippen LogP contribution in [0.5, 0.6) is 0 Å². The molecule has 0 aromatic carbocycles. The largest absolute Gasteiger partial charge is 0.377 e. The summed E-state index contributed by atoms with van der Waals surface area (Å²) in [4.78, 5) is 13.7. The van der Waals surface area contributed by atoms with Gasteiger partial charge in [0.05, 0.1) is 18.9 Å². The molecule has 7 nitrogen and oxygen atoms in total.